The third-order valence-corrected chi connectivity index (χ3v) is 4.89. The van der Waals surface area contributed by atoms with Crippen molar-refractivity contribution < 1.29 is 8.42 Å². The maximum atomic E-state index is 12.4. The molecule has 1 unspecified atom stereocenters. The van der Waals surface area contributed by atoms with Crippen LogP contribution in [-0.4, -0.2) is 31.2 Å². The van der Waals surface area contributed by atoms with Gasteiger partial charge in [0, 0.05) is 18.2 Å². The van der Waals surface area contributed by atoms with Gasteiger partial charge >= 0.3 is 0 Å². The number of sulfonamides is 1. The van der Waals surface area contributed by atoms with Crippen molar-refractivity contribution in [1.82, 2.24) is 20.2 Å². The fraction of sp³-hybridized carbons (Fsp3) is 0.786. The first kappa shape index (κ1) is 18.1. The molecule has 0 amide bonds. The number of rotatable bonds is 11. The van der Waals surface area contributed by atoms with Gasteiger partial charge in [-0.3, -0.25) is 5.10 Å². The van der Waals surface area contributed by atoms with E-state index < -0.39 is 10.0 Å². The molecule has 3 N–H and O–H groups in total. The highest BCUT2D eigenvalue weighted by Gasteiger charge is 2.22. The molecule has 0 aliphatic heterocycles. The molecule has 1 rings (SSSR count). The van der Waals surface area contributed by atoms with Crippen molar-refractivity contribution in [2.75, 3.05) is 6.54 Å². The van der Waals surface area contributed by atoms with Crippen molar-refractivity contribution in [3.05, 3.63) is 11.8 Å². The lowest BCUT2D eigenvalue weighted by Crippen LogP contribution is -2.33. The molecule has 0 fully saturated rings. The van der Waals surface area contributed by atoms with Crippen LogP contribution in [0.3, 0.4) is 0 Å². The largest absolute Gasteiger partial charge is 0.313 e. The van der Waals surface area contributed by atoms with E-state index >= 15 is 0 Å². The lowest BCUT2D eigenvalue weighted by atomic mass is 10.1. The summed E-state index contributed by atoms with van der Waals surface area (Å²) in [4.78, 5) is 0. The normalized spacial score (nSPS) is 13.5. The lowest BCUT2D eigenvalue weighted by Gasteiger charge is -2.14. The van der Waals surface area contributed by atoms with E-state index in [1.54, 1.807) is 6.20 Å². The standard InChI is InChI=1S/C14H28N4O2S/c1-4-6-7-8-12(3)18-21(19,20)14-13(11-16-17-14)10-15-9-5-2/h11-12,15,18H,4-10H2,1-3H3,(H,16,17). The summed E-state index contributed by atoms with van der Waals surface area (Å²) in [6.07, 6.45) is 6.72. The fourth-order valence-electron chi connectivity index (χ4n) is 2.14. The van der Waals surface area contributed by atoms with Crippen molar-refractivity contribution in [2.24, 2.45) is 0 Å². The second-order valence-corrected chi connectivity index (χ2v) is 7.07. The zero-order valence-corrected chi connectivity index (χ0v) is 14.1. The van der Waals surface area contributed by atoms with E-state index in [1.165, 1.54) is 0 Å². The number of H-pyrrole nitrogens is 1. The number of aromatic amines is 1. The van der Waals surface area contributed by atoms with Crippen molar-refractivity contribution in [2.45, 2.75) is 70.5 Å². The summed E-state index contributed by atoms with van der Waals surface area (Å²) >= 11 is 0. The van der Waals surface area contributed by atoms with E-state index in [9.17, 15) is 8.42 Å². The number of nitrogens with one attached hydrogen (secondary N) is 3. The van der Waals surface area contributed by atoms with Gasteiger partial charge < -0.3 is 5.32 Å². The van der Waals surface area contributed by atoms with Gasteiger partial charge in [-0.1, -0.05) is 33.1 Å². The van der Waals surface area contributed by atoms with E-state index in [-0.39, 0.29) is 11.1 Å². The molecule has 0 spiro atoms. The zero-order chi connectivity index (χ0) is 15.7. The Morgan fingerprint density at radius 3 is 2.71 bits per heavy atom. The van der Waals surface area contributed by atoms with Crippen LogP contribution in [0.4, 0.5) is 0 Å². The first-order valence-electron chi connectivity index (χ1n) is 7.76. The molecular weight excluding hydrogens is 288 g/mol. The monoisotopic (exact) mass is 316 g/mol. The summed E-state index contributed by atoms with van der Waals surface area (Å²) in [7, 11) is -3.53. The van der Waals surface area contributed by atoms with E-state index in [4.69, 9.17) is 0 Å². The number of aromatic nitrogens is 2. The molecule has 0 saturated heterocycles. The minimum Gasteiger partial charge on any atom is -0.313 e. The minimum atomic E-state index is -3.53. The first-order valence-corrected chi connectivity index (χ1v) is 9.24. The van der Waals surface area contributed by atoms with Crippen LogP contribution in [0.5, 0.6) is 0 Å². The SMILES string of the molecule is CCCCCC(C)NS(=O)(=O)c1[nH]ncc1CNCCC. The molecule has 0 saturated carbocycles. The summed E-state index contributed by atoms with van der Waals surface area (Å²) < 4.78 is 27.5. The summed E-state index contributed by atoms with van der Waals surface area (Å²) in [6.45, 7) is 7.46. The summed E-state index contributed by atoms with van der Waals surface area (Å²) in [5.74, 6) is 0. The van der Waals surface area contributed by atoms with Crippen molar-refractivity contribution in [3.63, 3.8) is 0 Å². The average molecular weight is 316 g/mol. The lowest BCUT2D eigenvalue weighted by molar-refractivity contribution is 0.523. The highest BCUT2D eigenvalue weighted by molar-refractivity contribution is 7.89. The second kappa shape index (κ2) is 9.17. The Bertz CT molecular complexity index is 499. The van der Waals surface area contributed by atoms with Crippen LogP contribution < -0.4 is 10.0 Å². The quantitative estimate of drug-likeness (QED) is 0.546. The highest BCUT2D eigenvalue weighted by Crippen LogP contribution is 2.13. The van der Waals surface area contributed by atoms with Gasteiger partial charge in [0.1, 0.15) is 0 Å². The molecule has 1 aromatic rings. The molecule has 122 valence electrons. The van der Waals surface area contributed by atoms with Crippen LogP contribution in [0, 0.1) is 0 Å². The molecule has 1 heterocycles. The van der Waals surface area contributed by atoms with Gasteiger partial charge in [0.15, 0.2) is 5.03 Å². The molecule has 1 atom stereocenters. The molecule has 0 aromatic carbocycles. The minimum absolute atomic E-state index is 0.0682. The topological polar surface area (TPSA) is 86.9 Å². The molecule has 6 nitrogen and oxygen atoms in total. The van der Waals surface area contributed by atoms with E-state index in [0.29, 0.717) is 12.1 Å². The van der Waals surface area contributed by atoms with Gasteiger partial charge in [0.25, 0.3) is 10.0 Å². The third-order valence-electron chi connectivity index (χ3n) is 3.29. The van der Waals surface area contributed by atoms with Crippen LogP contribution >= 0.6 is 0 Å². The average Bonchev–Trinajstić information content (AvgIpc) is 2.88. The summed E-state index contributed by atoms with van der Waals surface area (Å²) in [5, 5.41) is 9.84. The second-order valence-electron chi connectivity index (χ2n) is 5.42. The van der Waals surface area contributed by atoms with Crippen LogP contribution in [0.1, 0.15) is 58.4 Å². The van der Waals surface area contributed by atoms with Crippen molar-refractivity contribution >= 4 is 10.0 Å². The van der Waals surface area contributed by atoms with Crippen LogP contribution in [-0.2, 0) is 16.6 Å². The van der Waals surface area contributed by atoms with Crippen LogP contribution in [0.15, 0.2) is 11.2 Å². The number of hydrogen-bond donors (Lipinski definition) is 3. The van der Waals surface area contributed by atoms with E-state index in [0.717, 1.165) is 38.6 Å². The summed E-state index contributed by atoms with van der Waals surface area (Å²) in [6, 6.07) is -0.0682. The Morgan fingerprint density at radius 1 is 1.29 bits per heavy atom. The molecule has 21 heavy (non-hydrogen) atoms. The molecule has 0 bridgehead atoms. The Morgan fingerprint density at radius 2 is 2.05 bits per heavy atom. The van der Waals surface area contributed by atoms with Crippen LogP contribution in [0.2, 0.25) is 0 Å². The molecule has 7 heteroatoms. The molecule has 0 radical (unpaired) electrons. The smallest absolute Gasteiger partial charge is 0.258 e. The van der Waals surface area contributed by atoms with Crippen molar-refractivity contribution in [3.8, 4) is 0 Å². The van der Waals surface area contributed by atoms with Gasteiger partial charge in [0.2, 0.25) is 0 Å². The summed E-state index contributed by atoms with van der Waals surface area (Å²) in [5.41, 5.74) is 0.678. The Hall–Kier alpha value is -0.920. The molecular formula is C14H28N4O2S. The number of unbranched alkanes of at least 4 members (excludes halogenated alkanes) is 2. The maximum Gasteiger partial charge on any atom is 0.258 e. The predicted molar refractivity (Wildman–Crippen MR) is 84.5 cm³/mol. The van der Waals surface area contributed by atoms with Crippen LogP contribution in [0.25, 0.3) is 0 Å². The van der Waals surface area contributed by atoms with E-state index in [2.05, 4.69) is 34.1 Å². The van der Waals surface area contributed by atoms with Gasteiger partial charge in [0.05, 0.1) is 6.20 Å². The zero-order valence-electron chi connectivity index (χ0n) is 13.3. The third kappa shape index (κ3) is 6.15. The number of hydrogen-bond acceptors (Lipinski definition) is 4. The molecule has 0 aliphatic rings. The first-order chi connectivity index (χ1) is 10.0. The Balaban J connectivity index is 2.63. The van der Waals surface area contributed by atoms with Crippen molar-refractivity contribution in [1.29, 1.82) is 0 Å². The fourth-order valence-corrected chi connectivity index (χ4v) is 3.55. The van der Waals surface area contributed by atoms with Gasteiger partial charge in [-0.15, -0.1) is 0 Å². The Labute approximate surface area is 128 Å². The molecule has 1 aromatic heterocycles. The van der Waals surface area contributed by atoms with E-state index in [1.807, 2.05) is 6.92 Å². The predicted octanol–water partition coefficient (Wildman–Crippen LogP) is 2.16. The number of nitrogens with zero attached hydrogens (tertiary/aromatic N) is 1. The Kier molecular flexibility index (Phi) is 7.92. The highest BCUT2D eigenvalue weighted by atomic mass is 32.2. The van der Waals surface area contributed by atoms with Gasteiger partial charge in [-0.2, -0.15) is 5.10 Å². The molecule has 0 aliphatic carbocycles. The maximum absolute atomic E-state index is 12.4. The van der Waals surface area contributed by atoms with Gasteiger partial charge in [-0.05, 0) is 26.3 Å². The van der Waals surface area contributed by atoms with Gasteiger partial charge in [-0.25, -0.2) is 13.1 Å².